The molecule has 0 N–H and O–H groups in total. The standard InChI is InChI=1S/C12H14FNO2S/c1-10-5-4-8-14(9-10)17(15,16)12-7-3-2-6-11(12)13/h2-3,5-7H,4,8-9H2,1H3. The van der Waals surface area contributed by atoms with Crippen molar-refractivity contribution < 1.29 is 12.8 Å². The van der Waals surface area contributed by atoms with Crippen LogP contribution in [0, 0.1) is 5.82 Å². The Morgan fingerprint density at radius 1 is 1.29 bits per heavy atom. The Morgan fingerprint density at radius 2 is 2.00 bits per heavy atom. The fourth-order valence-corrected chi connectivity index (χ4v) is 3.44. The molecule has 5 heteroatoms. The van der Waals surface area contributed by atoms with E-state index in [0.717, 1.165) is 5.57 Å². The Morgan fingerprint density at radius 3 is 2.65 bits per heavy atom. The summed E-state index contributed by atoms with van der Waals surface area (Å²) in [6.45, 7) is 2.63. The van der Waals surface area contributed by atoms with Gasteiger partial charge in [-0.25, -0.2) is 12.8 Å². The SMILES string of the molecule is CC1=CCCN(S(=O)(=O)c2ccccc2F)C1. The monoisotopic (exact) mass is 255 g/mol. The fourth-order valence-electron chi connectivity index (χ4n) is 1.87. The van der Waals surface area contributed by atoms with Crippen LogP contribution < -0.4 is 0 Å². The molecule has 1 aromatic rings. The first-order chi connectivity index (χ1) is 8.01. The third-order valence-corrected chi connectivity index (χ3v) is 4.63. The molecule has 1 aliphatic heterocycles. The van der Waals surface area contributed by atoms with E-state index in [4.69, 9.17) is 0 Å². The Bertz CT molecular complexity index is 551. The summed E-state index contributed by atoms with van der Waals surface area (Å²) in [7, 11) is -3.71. The van der Waals surface area contributed by atoms with Gasteiger partial charge in [0.2, 0.25) is 10.0 Å². The second-order valence-electron chi connectivity index (χ2n) is 4.11. The maximum atomic E-state index is 13.5. The highest BCUT2D eigenvalue weighted by Gasteiger charge is 2.28. The number of sulfonamides is 1. The first-order valence-corrected chi connectivity index (χ1v) is 6.86. The number of hydrogen-bond donors (Lipinski definition) is 0. The number of nitrogens with zero attached hydrogens (tertiary/aromatic N) is 1. The van der Waals surface area contributed by atoms with Crippen LogP contribution >= 0.6 is 0 Å². The first kappa shape index (κ1) is 12.3. The van der Waals surface area contributed by atoms with Gasteiger partial charge in [-0.15, -0.1) is 0 Å². The zero-order valence-electron chi connectivity index (χ0n) is 9.56. The van der Waals surface area contributed by atoms with Crippen LogP contribution in [0.3, 0.4) is 0 Å². The minimum Gasteiger partial charge on any atom is -0.207 e. The molecule has 1 aromatic carbocycles. The normalized spacial score (nSPS) is 17.9. The van der Waals surface area contributed by atoms with Crippen LogP contribution in [0.1, 0.15) is 13.3 Å². The molecule has 17 heavy (non-hydrogen) atoms. The highest BCUT2D eigenvalue weighted by Crippen LogP contribution is 2.22. The summed E-state index contributed by atoms with van der Waals surface area (Å²) in [5, 5.41) is 0. The Labute approximate surface area is 101 Å². The predicted octanol–water partition coefficient (Wildman–Crippen LogP) is 2.17. The van der Waals surface area contributed by atoms with Gasteiger partial charge >= 0.3 is 0 Å². The van der Waals surface area contributed by atoms with Crippen LogP contribution in [0.5, 0.6) is 0 Å². The minimum absolute atomic E-state index is 0.241. The van der Waals surface area contributed by atoms with Crippen LogP contribution in [0.15, 0.2) is 40.8 Å². The summed E-state index contributed by atoms with van der Waals surface area (Å²) in [5.41, 5.74) is 0.996. The molecule has 0 aromatic heterocycles. The van der Waals surface area contributed by atoms with Crippen LogP contribution in [-0.2, 0) is 10.0 Å². The highest BCUT2D eigenvalue weighted by molar-refractivity contribution is 7.89. The lowest BCUT2D eigenvalue weighted by Crippen LogP contribution is -2.35. The maximum Gasteiger partial charge on any atom is 0.246 e. The average Bonchev–Trinajstić information content (AvgIpc) is 2.29. The van der Waals surface area contributed by atoms with Crippen molar-refractivity contribution >= 4 is 10.0 Å². The van der Waals surface area contributed by atoms with Gasteiger partial charge in [-0.2, -0.15) is 4.31 Å². The van der Waals surface area contributed by atoms with Crippen molar-refractivity contribution in [1.29, 1.82) is 0 Å². The molecule has 92 valence electrons. The van der Waals surface area contributed by atoms with Crippen molar-refractivity contribution in [2.24, 2.45) is 0 Å². The first-order valence-electron chi connectivity index (χ1n) is 5.42. The van der Waals surface area contributed by atoms with Crippen molar-refractivity contribution in [2.75, 3.05) is 13.1 Å². The summed E-state index contributed by atoms with van der Waals surface area (Å²) < 4.78 is 39.3. The minimum atomic E-state index is -3.71. The van der Waals surface area contributed by atoms with E-state index in [9.17, 15) is 12.8 Å². The van der Waals surface area contributed by atoms with Gasteiger partial charge in [-0.05, 0) is 25.5 Å². The lowest BCUT2D eigenvalue weighted by atomic mass is 10.2. The largest absolute Gasteiger partial charge is 0.246 e. The Balaban J connectivity index is 2.38. The van der Waals surface area contributed by atoms with Crippen LogP contribution in [0.25, 0.3) is 0 Å². The molecule has 0 spiro atoms. The number of hydrogen-bond acceptors (Lipinski definition) is 2. The number of rotatable bonds is 2. The van der Waals surface area contributed by atoms with Gasteiger partial charge < -0.3 is 0 Å². The molecule has 0 unspecified atom stereocenters. The molecule has 0 bridgehead atoms. The molecular formula is C12H14FNO2S. The second-order valence-corrected chi connectivity index (χ2v) is 6.01. The molecule has 0 fully saturated rings. The van der Waals surface area contributed by atoms with E-state index in [1.165, 1.54) is 28.6 Å². The zero-order chi connectivity index (χ0) is 12.5. The Hall–Kier alpha value is -1.20. The molecule has 1 aliphatic rings. The van der Waals surface area contributed by atoms with E-state index in [-0.39, 0.29) is 4.90 Å². The summed E-state index contributed by atoms with van der Waals surface area (Å²) in [4.78, 5) is -0.241. The van der Waals surface area contributed by atoms with Crippen molar-refractivity contribution in [3.8, 4) is 0 Å². The summed E-state index contributed by atoms with van der Waals surface area (Å²) in [6, 6.07) is 5.48. The highest BCUT2D eigenvalue weighted by atomic mass is 32.2. The molecular weight excluding hydrogens is 241 g/mol. The van der Waals surface area contributed by atoms with Crippen LogP contribution in [0.2, 0.25) is 0 Å². The van der Waals surface area contributed by atoms with Gasteiger partial charge in [0.05, 0.1) is 0 Å². The van der Waals surface area contributed by atoms with Crippen molar-refractivity contribution in [2.45, 2.75) is 18.2 Å². The summed E-state index contributed by atoms with van der Waals surface area (Å²) in [5.74, 6) is -0.695. The predicted molar refractivity (Wildman–Crippen MR) is 63.5 cm³/mol. The van der Waals surface area contributed by atoms with E-state index < -0.39 is 15.8 Å². The van der Waals surface area contributed by atoms with Crippen molar-refractivity contribution in [1.82, 2.24) is 4.31 Å². The molecule has 2 rings (SSSR count). The Kier molecular flexibility index (Phi) is 3.31. The molecule has 0 radical (unpaired) electrons. The molecule has 3 nitrogen and oxygen atoms in total. The van der Waals surface area contributed by atoms with E-state index in [0.29, 0.717) is 19.5 Å². The average molecular weight is 255 g/mol. The van der Waals surface area contributed by atoms with E-state index in [1.54, 1.807) is 0 Å². The van der Waals surface area contributed by atoms with Crippen LogP contribution in [0.4, 0.5) is 4.39 Å². The third kappa shape index (κ3) is 2.40. The van der Waals surface area contributed by atoms with Crippen molar-refractivity contribution in [3.63, 3.8) is 0 Å². The lowest BCUT2D eigenvalue weighted by Gasteiger charge is -2.25. The molecule has 0 saturated heterocycles. The van der Waals surface area contributed by atoms with E-state index >= 15 is 0 Å². The maximum absolute atomic E-state index is 13.5. The topological polar surface area (TPSA) is 37.4 Å². The molecule has 0 amide bonds. The van der Waals surface area contributed by atoms with Gasteiger partial charge in [0, 0.05) is 13.1 Å². The van der Waals surface area contributed by atoms with Gasteiger partial charge in [-0.3, -0.25) is 0 Å². The third-order valence-electron chi connectivity index (χ3n) is 2.75. The van der Waals surface area contributed by atoms with Crippen LogP contribution in [-0.4, -0.2) is 25.8 Å². The number of benzene rings is 1. The van der Waals surface area contributed by atoms with Gasteiger partial charge in [0.25, 0.3) is 0 Å². The van der Waals surface area contributed by atoms with E-state index in [1.807, 2.05) is 13.0 Å². The number of halogens is 1. The molecule has 0 atom stereocenters. The summed E-state index contributed by atoms with van der Waals surface area (Å²) in [6.07, 6.45) is 2.69. The molecule has 1 heterocycles. The van der Waals surface area contributed by atoms with E-state index in [2.05, 4.69) is 0 Å². The zero-order valence-corrected chi connectivity index (χ0v) is 10.4. The fraction of sp³-hybridized carbons (Fsp3) is 0.333. The quantitative estimate of drug-likeness (QED) is 0.759. The van der Waals surface area contributed by atoms with Crippen molar-refractivity contribution in [3.05, 3.63) is 41.7 Å². The second kappa shape index (κ2) is 4.58. The molecule has 0 saturated carbocycles. The smallest absolute Gasteiger partial charge is 0.207 e. The van der Waals surface area contributed by atoms with Gasteiger partial charge in [0.1, 0.15) is 10.7 Å². The molecule has 0 aliphatic carbocycles. The summed E-state index contributed by atoms with van der Waals surface area (Å²) >= 11 is 0. The van der Waals surface area contributed by atoms with Gasteiger partial charge in [0.15, 0.2) is 0 Å². The lowest BCUT2D eigenvalue weighted by molar-refractivity contribution is 0.423. The van der Waals surface area contributed by atoms with Gasteiger partial charge in [-0.1, -0.05) is 23.8 Å².